The molecule has 1 aromatic carbocycles. The highest BCUT2D eigenvalue weighted by Crippen LogP contribution is 2.26. The molecule has 1 aliphatic heterocycles. The average molecular weight is 387 g/mol. The van der Waals surface area contributed by atoms with Crippen LogP contribution in [0.4, 0.5) is 0 Å². The summed E-state index contributed by atoms with van der Waals surface area (Å²) in [5.41, 5.74) is 1.28. The van der Waals surface area contributed by atoms with E-state index < -0.39 is 0 Å². The Kier molecular flexibility index (Phi) is 7.25. The highest BCUT2D eigenvalue weighted by Gasteiger charge is 2.23. The number of guanidine groups is 1. The molecule has 0 radical (unpaired) electrons. The van der Waals surface area contributed by atoms with E-state index >= 15 is 0 Å². The molecule has 28 heavy (non-hydrogen) atoms. The lowest BCUT2D eigenvalue weighted by Gasteiger charge is -2.29. The lowest BCUT2D eigenvalue weighted by Crippen LogP contribution is -2.42. The van der Waals surface area contributed by atoms with Crippen molar-refractivity contribution < 1.29 is 9.26 Å². The molecule has 1 aromatic heterocycles. The summed E-state index contributed by atoms with van der Waals surface area (Å²) >= 11 is 0. The number of nitrogens with zero attached hydrogens (tertiary/aromatic N) is 4. The summed E-state index contributed by atoms with van der Waals surface area (Å²) in [6.45, 7) is 8.00. The Morgan fingerprint density at radius 1 is 1.25 bits per heavy atom. The van der Waals surface area contributed by atoms with E-state index in [0.717, 1.165) is 37.9 Å². The molecule has 0 aliphatic carbocycles. The third-order valence-electron chi connectivity index (χ3n) is 4.84. The molecular weight excluding hydrogens is 356 g/mol. The molecule has 0 bridgehead atoms. The van der Waals surface area contributed by atoms with Crippen LogP contribution in [-0.2, 0) is 6.54 Å². The molecule has 0 amide bonds. The van der Waals surface area contributed by atoms with Gasteiger partial charge in [-0.05, 0) is 50.6 Å². The second-order valence-electron chi connectivity index (χ2n) is 6.84. The molecule has 0 saturated carbocycles. The minimum atomic E-state index is 0.282. The normalized spacial score (nSPS) is 16.2. The average Bonchev–Trinajstić information content (AvgIpc) is 3.38. The smallest absolute Gasteiger partial charge is 0.223 e. The van der Waals surface area contributed by atoms with Crippen molar-refractivity contribution in [2.45, 2.75) is 39.3 Å². The summed E-state index contributed by atoms with van der Waals surface area (Å²) in [6, 6.07) is 8.63. The first-order valence-corrected chi connectivity index (χ1v) is 9.89. The maximum Gasteiger partial charge on any atom is 0.223 e. The third-order valence-corrected chi connectivity index (χ3v) is 4.84. The number of likely N-dealkylation sites (tertiary alicyclic amines) is 1. The van der Waals surface area contributed by atoms with Crippen LogP contribution in [0.2, 0.25) is 0 Å². The molecule has 2 aromatic rings. The fourth-order valence-electron chi connectivity index (χ4n) is 3.43. The zero-order valence-corrected chi connectivity index (χ0v) is 16.9. The van der Waals surface area contributed by atoms with Crippen LogP contribution >= 0.6 is 0 Å². The Balaban J connectivity index is 1.68. The van der Waals surface area contributed by atoms with Crippen LogP contribution in [0.25, 0.3) is 0 Å². The van der Waals surface area contributed by atoms with E-state index in [9.17, 15) is 0 Å². The second kappa shape index (κ2) is 10.1. The van der Waals surface area contributed by atoms with Gasteiger partial charge in [0.2, 0.25) is 5.89 Å². The molecule has 2 N–H and O–H groups in total. The standard InChI is InChI=1S/C20H30N6O2/c1-4-21-20(23-14-19-24-15(2)28-25-19)22-13-18(26-11-5-6-12-26)16-7-9-17(27-3)10-8-16/h7-10,18H,4-6,11-14H2,1-3H3,(H2,21,22,23). The topological polar surface area (TPSA) is 87.8 Å². The second-order valence-corrected chi connectivity index (χ2v) is 6.84. The van der Waals surface area contributed by atoms with E-state index in [1.165, 1.54) is 18.4 Å². The number of aromatic nitrogens is 2. The summed E-state index contributed by atoms with van der Waals surface area (Å²) in [5, 5.41) is 10.7. The van der Waals surface area contributed by atoms with Crippen LogP contribution in [0.1, 0.15) is 43.1 Å². The monoisotopic (exact) mass is 386 g/mol. The number of hydrogen-bond acceptors (Lipinski definition) is 6. The number of ether oxygens (including phenoxy) is 1. The maximum atomic E-state index is 5.30. The molecule has 1 atom stereocenters. The number of benzene rings is 1. The van der Waals surface area contributed by atoms with Gasteiger partial charge in [0, 0.05) is 20.0 Å². The third kappa shape index (κ3) is 5.45. The zero-order valence-electron chi connectivity index (χ0n) is 16.9. The van der Waals surface area contributed by atoms with E-state index in [1.54, 1.807) is 14.0 Å². The van der Waals surface area contributed by atoms with E-state index in [1.807, 2.05) is 12.1 Å². The Morgan fingerprint density at radius 2 is 2.00 bits per heavy atom. The van der Waals surface area contributed by atoms with Gasteiger partial charge in [0.25, 0.3) is 0 Å². The van der Waals surface area contributed by atoms with Crippen molar-refractivity contribution in [3.63, 3.8) is 0 Å². The Hall–Kier alpha value is -2.61. The first-order valence-electron chi connectivity index (χ1n) is 9.89. The van der Waals surface area contributed by atoms with Crippen LogP contribution in [0.5, 0.6) is 5.75 Å². The Labute approximate surface area is 166 Å². The molecule has 1 aliphatic rings. The number of nitrogens with one attached hydrogen (secondary N) is 2. The minimum Gasteiger partial charge on any atom is -0.497 e. The Morgan fingerprint density at radius 3 is 2.61 bits per heavy atom. The van der Waals surface area contributed by atoms with Crippen molar-refractivity contribution in [3.8, 4) is 5.75 Å². The van der Waals surface area contributed by atoms with Gasteiger partial charge in [0.1, 0.15) is 12.3 Å². The highest BCUT2D eigenvalue weighted by atomic mass is 16.5. The molecule has 1 fully saturated rings. The summed E-state index contributed by atoms with van der Waals surface area (Å²) in [6.07, 6.45) is 2.50. The van der Waals surface area contributed by atoms with Crippen LogP contribution in [-0.4, -0.2) is 54.3 Å². The predicted molar refractivity (Wildman–Crippen MR) is 108 cm³/mol. The zero-order chi connectivity index (χ0) is 19.8. The van der Waals surface area contributed by atoms with E-state index in [4.69, 9.17) is 9.26 Å². The fraction of sp³-hybridized carbons (Fsp3) is 0.550. The molecule has 1 saturated heterocycles. The van der Waals surface area contributed by atoms with Gasteiger partial charge >= 0.3 is 0 Å². The van der Waals surface area contributed by atoms with Gasteiger partial charge in [-0.3, -0.25) is 4.90 Å². The molecule has 1 unspecified atom stereocenters. The van der Waals surface area contributed by atoms with Gasteiger partial charge in [-0.2, -0.15) is 4.98 Å². The first-order chi connectivity index (χ1) is 13.7. The van der Waals surface area contributed by atoms with Gasteiger partial charge in [-0.25, -0.2) is 4.99 Å². The minimum absolute atomic E-state index is 0.282. The lowest BCUT2D eigenvalue weighted by molar-refractivity contribution is 0.245. The van der Waals surface area contributed by atoms with Crippen LogP contribution in [0.3, 0.4) is 0 Å². The predicted octanol–water partition coefficient (Wildman–Crippen LogP) is 2.28. The SMILES string of the molecule is CCNC(=NCc1noc(C)n1)NCC(c1ccc(OC)cc1)N1CCCC1. The quantitative estimate of drug-likeness (QED) is 0.531. The molecule has 8 heteroatoms. The van der Waals surface area contributed by atoms with Gasteiger partial charge in [-0.15, -0.1) is 0 Å². The molecule has 8 nitrogen and oxygen atoms in total. The summed E-state index contributed by atoms with van der Waals surface area (Å²) in [7, 11) is 1.69. The summed E-state index contributed by atoms with van der Waals surface area (Å²) < 4.78 is 10.3. The van der Waals surface area contributed by atoms with Gasteiger partial charge < -0.3 is 19.9 Å². The van der Waals surface area contributed by atoms with Gasteiger partial charge in [0.05, 0.1) is 13.2 Å². The van der Waals surface area contributed by atoms with Gasteiger partial charge in [-0.1, -0.05) is 17.3 Å². The van der Waals surface area contributed by atoms with Crippen molar-refractivity contribution in [1.29, 1.82) is 0 Å². The van der Waals surface area contributed by atoms with Crippen molar-refractivity contribution in [2.75, 3.05) is 33.3 Å². The molecule has 3 rings (SSSR count). The highest BCUT2D eigenvalue weighted by molar-refractivity contribution is 5.79. The van der Waals surface area contributed by atoms with E-state index in [0.29, 0.717) is 18.3 Å². The van der Waals surface area contributed by atoms with E-state index in [-0.39, 0.29) is 6.04 Å². The van der Waals surface area contributed by atoms with E-state index in [2.05, 4.69) is 49.7 Å². The Bertz CT molecular complexity index is 752. The van der Waals surface area contributed by atoms with Crippen molar-refractivity contribution >= 4 is 5.96 Å². The van der Waals surface area contributed by atoms with Crippen LogP contribution in [0.15, 0.2) is 33.8 Å². The number of methoxy groups -OCH3 is 1. The molecule has 2 heterocycles. The van der Waals surface area contributed by atoms with Crippen LogP contribution < -0.4 is 15.4 Å². The van der Waals surface area contributed by atoms with Crippen molar-refractivity contribution in [1.82, 2.24) is 25.7 Å². The summed E-state index contributed by atoms with van der Waals surface area (Å²) in [5.74, 6) is 2.77. The lowest BCUT2D eigenvalue weighted by atomic mass is 10.1. The van der Waals surface area contributed by atoms with Crippen LogP contribution in [0, 0.1) is 6.92 Å². The summed E-state index contributed by atoms with van der Waals surface area (Å²) in [4.78, 5) is 11.3. The van der Waals surface area contributed by atoms with Crippen molar-refractivity contribution in [3.05, 3.63) is 41.5 Å². The maximum absolute atomic E-state index is 5.30. The number of aliphatic imine (C=N–C) groups is 1. The number of hydrogen-bond donors (Lipinski definition) is 2. The molecule has 0 spiro atoms. The number of rotatable bonds is 8. The number of aryl methyl sites for hydroxylation is 1. The van der Waals surface area contributed by atoms with Crippen molar-refractivity contribution in [2.24, 2.45) is 4.99 Å². The van der Waals surface area contributed by atoms with Gasteiger partial charge in [0.15, 0.2) is 11.8 Å². The first kappa shape index (κ1) is 20.1. The largest absolute Gasteiger partial charge is 0.497 e. The molecule has 152 valence electrons. The fourth-order valence-corrected chi connectivity index (χ4v) is 3.43. The molecular formula is C20H30N6O2.